The summed E-state index contributed by atoms with van der Waals surface area (Å²) in [5.74, 6) is 0. The Hall–Kier alpha value is 3.03. The molecule has 0 spiro atoms. The Morgan fingerprint density at radius 2 is 0.722 bits per heavy atom. The molecular weight excluding hydrogens is 508 g/mol. The van der Waals surface area contributed by atoms with Crippen molar-refractivity contribution in [3.63, 3.8) is 0 Å². The zero-order valence-corrected chi connectivity index (χ0v) is 31.8. The van der Waals surface area contributed by atoms with Crippen molar-refractivity contribution < 1.29 is 117 Å². The minimum absolute atomic E-state index is 0. The van der Waals surface area contributed by atoms with Gasteiger partial charge in [0.25, 0.3) is 0 Å². The molecule has 1 heterocycles. The Balaban J connectivity index is -0.000000248. The first-order chi connectivity index (χ1) is 15.9. The van der Waals surface area contributed by atoms with Crippen LogP contribution in [0.2, 0.25) is 0 Å². The molecule has 0 radical (unpaired) electrons. The quantitative estimate of drug-likeness (QED) is 0.0605. The molecule has 1 aliphatic heterocycles. The van der Waals surface area contributed by atoms with E-state index in [-0.39, 0.29) is 88.7 Å². The van der Waals surface area contributed by atoms with Crippen molar-refractivity contribution in [2.45, 2.75) is 142 Å². The second-order valence-corrected chi connectivity index (χ2v) is 9.93. The van der Waals surface area contributed by atoms with Crippen molar-refractivity contribution in [3.8, 4) is 0 Å². The molecule has 1 fully saturated rings. The van der Waals surface area contributed by atoms with E-state index in [1.807, 2.05) is 0 Å². The Morgan fingerprint density at radius 3 is 0.917 bits per heavy atom. The fourth-order valence-corrected chi connectivity index (χ4v) is 3.49. The average molecular weight is 563 g/mol. The first-order valence-electron chi connectivity index (χ1n) is 13.8. The normalized spacial score (nSPS) is 11.5. The average Bonchev–Trinajstić information content (AvgIpc) is 3.63. The maximum atomic E-state index is 8.55. The molecule has 202 valence electrons. The van der Waals surface area contributed by atoms with Crippen LogP contribution in [-0.2, 0) is 14.0 Å². The summed E-state index contributed by atoms with van der Waals surface area (Å²) in [7, 11) is -5.39. The molecule has 0 N–H and O–H groups in total. The van der Waals surface area contributed by atoms with Crippen LogP contribution in [0.15, 0.2) is 0 Å². The van der Waals surface area contributed by atoms with Crippen molar-refractivity contribution in [2.24, 2.45) is 0 Å². The molecular formula is C26H54Na3O6P. The van der Waals surface area contributed by atoms with Gasteiger partial charge in [-0.1, -0.05) is 129 Å². The molecule has 0 aromatic carbocycles. The van der Waals surface area contributed by atoms with E-state index in [0.29, 0.717) is 0 Å². The first-order valence-corrected chi connectivity index (χ1v) is 15.3. The molecule has 6 nitrogen and oxygen atoms in total. The molecule has 1 rings (SSSR count). The molecule has 0 amide bonds. The fourth-order valence-electron chi connectivity index (χ4n) is 3.49. The van der Waals surface area contributed by atoms with Crippen LogP contribution in [0.4, 0.5) is 0 Å². The maximum Gasteiger partial charge on any atom is 1.00 e. The van der Waals surface area contributed by atoms with E-state index in [1.54, 1.807) is 0 Å². The molecule has 1 aliphatic rings. The Morgan fingerprint density at radius 1 is 0.528 bits per heavy atom. The van der Waals surface area contributed by atoms with Gasteiger partial charge in [0, 0.05) is 13.2 Å². The summed E-state index contributed by atoms with van der Waals surface area (Å²) in [4.78, 5) is 25.6. The van der Waals surface area contributed by atoms with Gasteiger partial charge in [0.15, 0.2) is 0 Å². The largest absolute Gasteiger partial charge is 1.00 e. The topological polar surface area (TPSA) is 108 Å². The molecule has 0 unspecified atom stereocenters. The Labute approximate surface area is 290 Å². The summed E-state index contributed by atoms with van der Waals surface area (Å²) in [5, 5.41) is 0. The standard InChI is InChI=1S/C24H50O.C2H4O.3Na.H3O4P/c1-3-5-7-9-11-13-15-17-19-21-23-25-24-22-20-18-16-14-12-10-8-6-4-2;1-2-3-1;;;;1-5(2,3)4/h3-24H2,1-2H3;1-2H2;;;;(H3,1,2,3,4)/q;;3*+1;/p-3. The molecule has 0 aliphatic carbocycles. The summed E-state index contributed by atoms with van der Waals surface area (Å²) in [6.07, 6.45) is 28.2. The van der Waals surface area contributed by atoms with Crippen molar-refractivity contribution in [2.75, 3.05) is 26.4 Å². The SMILES string of the molecule is C1CO1.CCCCCCCCCCCCOCCCCCCCCCCCC.O=P([O-])([O-])[O-].[Na+].[Na+].[Na+]. The Kier molecular flexibility index (Phi) is 57.5. The minimum Gasteiger partial charge on any atom is -0.822 e. The number of phosphoric acid groups is 1. The minimum atomic E-state index is -5.39. The molecule has 0 bridgehead atoms. The van der Waals surface area contributed by atoms with Crippen molar-refractivity contribution in [1.82, 2.24) is 0 Å². The predicted molar refractivity (Wildman–Crippen MR) is 133 cm³/mol. The van der Waals surface area contributed by atoms with Gasteiger partial charge in [0.1, 0.15) is 0 Å². The van der Waals surface area contributed by atoms with Gasteiger partial charge in [0.2, 0.25) is 0 Å². The van der Waals surface area contributed by atoms with Crippen molar-refractivity contribution in [1.29, 1.82) is 0 Å². The zero-order valence-electron chi connectivity index (χ0n) is 24.9. The van der Waals surface area contributed by atoms with E-state index >= 15 is 0 Å². The summed E-state index contributed by atoms with van der Waals surface area (Å²) in [5.41, 5.74) is 0. The second kappa shape index (κ2) is 42.5. The van der Waals surface area contributed by atoms with Gasteiger partial charge < -0.3 is 28.7 Å². The molecule has 0 aromatic rings. The van der Waals surface area contributed by atoms with Gasteiger partial charge in [-0.05, 0) is 12.8 Å². The molecule has 0 saturated carbocycles. The maximum absolute atomic E-state index is 8.55. The van der Waals surface area contributed by atoms with Gasteiger partial charge in [-0.15, -0.1) is 0 Å². The molecule has 0 atom stereocenters. The molecule has 0 aromatic heterocycles. The first kappa shape index (κ1) is 48.7. The summed E-state index contributed by atoms with van der Waals surface area (Å²) < 4.78 is 18.8. The van der Waals surface area contributed by atoms with Crippen LogP contribution < -0.4 is 103 Å². The number of epoxide rings is 1. The third-order valence-electron chi connectivity index (χ3n) is 5.49. The van der Waals surface area contributed by atoms with E-state index in [1.165, 1.54) is 128 Å². The van der Waals surface area contributed by atoms with Crippen LogP contribution in [0.1, 0.15) is 142 Å². The van der Waals surface area contributed by atoms with Crippen LogP contribution >= 0.6 is 7.82 Å². The van der Waals surface area contributed by atoms with Crippen LogP contribution in [0.5, 0.6) is 0 Å². The number of rotatable bonds is 22. The van der Waals surface area contributed by atoms with E-state index in [4.69, 9.17) is 24.0 Å². The van der Waals surface area contributed by atoms with Gasteiger partial charge >= 0.3 is 88.7 Å². The predicted octanol–water partition coefficient (Wildman–Crippen LogP) is -2.95. The number of ether oxygens (including phenoxy) is 2. The summed E-state index contributed by atoms with van der Waals surface area (Å²) in [6, 6.07) is 0. The third-order valence-corrected chi connectivity index (χ3v) is 5.49. The van der Waals surface area contributed by atoms with Crippen molar-refractivity contribution >= 4 is 7.82 Å². The van der Waals surface area contributed by atoms with Crippen LogP contribution in [0, 0.1) is 0 Å². The third kappa shape index (κ3) is 70.9. The van der Waals surface area contributed by atoms with E-state index in [0.717, 1.165) is 26.4 Å². The van der Waals surface area contributed by atoms with E-state index < -0.39 is 7.82 Å². The molecule has 1 saturated heterocycles. The summed E-state index contributed by atoms with van der Waals surface area (Å²) in [6.45, 7) is 8.57. The fraction of sp³-hybridized carbons (Fsp3) is 1.00. The van der Waals surface area contributed by atoms with Crippen LogP contribution in [0.3, 0.4) is 0 Å². The van der Waals surface area contributed by atoms with Gasteiger partial charge in [-0.25, -0.2) is 0 Å². The van der Waals surface area contributed by atoms with Gasteiger partial charge in [0.05, 0.1) is 13.2 Å². The molecule has 10 heteroatoms. The number of hydrogen-bond donors (Lipinski definition) is 0. The summed E-state index contributed by atoms with van der Waals surface area (Å²) >= 11 is 0. The second-order valence-electron chi connectivity index (χ2n) is 9.04. The monoisotopic (exact) mass is 562 g/mol. The number of unbranched alkanes of at least 4 members (excludes halogenated alkanes) is 18. The van der Waals surface area contributed by atoms with Crippen LogP contribution in [-0.4, -0.2) is 26.4 Å². The van der Waals surface area contributed by atoms with Crippen molar-refractivity contribution in [3.05, 3.63) is 0 Å². The van der Waals surface area contributed by atoms with E-state index in [9.17, 15) is 0 Å². The Bertz CT molecular complexity index is 369. The number of hydrogen-bond acceptors (Lipinski definition) is 6. The van der Waals surface area contributed by atoms with Crippen LogP contribution in [0.25, 0.3) is 0 Å². The van der Waals surface area contributed by atoms with Gasteiger partial charge in [-0.2, -0.15) is 7.82 Å². The smallest absolute Gasteiger partial charge is 0.822 e. The molecule has 36 heavy (non-hydrogen) atoms. The zero-order chi connectivity index (χ0) is 24.9. The van der Waals surface area contributed by atoms with E-state index in [2.05, 4.69) is 18.6 Å². The van der Waals surface area contributed by atoms with Gasteiger partial charge in [-0.3, -0.25) is 0 Å².